The van der Waals surface area contributed by atoms with E-state index in [1.165, 1.54) is 12.1 Å². The van der Waals surface area contributed by atoms with Crippen LogP contribution in [0.2, 0.25) is 0 Å². The second-order valence-electron chi connectivity index (χ2n) is 5.43. The van der Waals surface area contributed by atoms with Crippen LogP contribution in [0.4, 0.5) is 13.2 Å². The minimum absolute atomic E-state index is 0.0554. The molecule has 23 heavy (non-hydrogen) atoms. The predicted molar refractivity (Wildman–Crippen MR) is 84.0 cm³/mol. The van der Waals surface area contributed by atoms with E-state index in [1.807, 2.05) is 30.3 Å². The number of hydrogen-bond acceptors (Lipinski definition) is 2. The van der Waals surface area contributed by atoms with Crippen LogP contribution in [-0.2, 0) is 19.1 Å². The number of rotatable bonds is 7. The molecule has 0 aliphatic rings. The fourth-order valence-electron chi connectivity index (χ4n) is 2.40. The van der Waals surface area contributed by atoms with E-state index in [1.54, 1.807) is 0 Å². The smallest absolute Gasteiger partial charge is 0.395 e. The molecule has 2 nitrogen and oxygen atoms in total. The Balaban J connectivity index is 1.93. The SMILES string of the molecule is OCCN(CCc1ccc(C(F)(F)F)cc1)Cc1ccccc1. The average molecular weight is 323 g/mol. The quantitative estimate of drug-likeness (QED) is 0.839. The summed E-state index contributed by atoms with van der Waals surface area (Å²) in [5.74, 6) is 0. The molecule has 0 atom stereocenters. The zero-order valence-electron chi connectivity index (χ0n) is 12.8. The standard InChI is InChI=1S/C18H20F3NO/c19-18(20,21)17-8-6-15(7-9-17)10-11-22(12-13-23)14-16-4-2-1-3-5-16/h1-9,23H,10-14H2. The number of alkyl halides is 3. The Morgan fingerprint density at radius 2 is 1.48 bits per heavy atom. The van der Waals surface area contributed by atoms with E-state index >= 15 is 0 Å². The van der Waals surface area contributed by atoms with Crippen molar-refractivity contribution < 1.29 is 18.3 Å². The third-order valence-electron chi connectivity index (χ3n) is 3.66. The average Bonchev–Trinajstić information content (AvgIpc) is 2.53. The lowest BCUT2D eigenvalue weighted by molar-refractivity contribution is -0.137. The van der Waals surface area contributed by atoms with E-state index in [-0.39, 0.29) is 6.61 Å². The van der Waals surface area contributed by atoms with Gasteiger partial charge >= 0.3 is 6.18 Å². The lowest BCUT2D eigenvalue weighted by Crippen LogP contribution is -2.28. The zero-order valence-corrected chi connectivity index (χ0v) is 12.8. The molecule has 2 aromatic carbocycles. The fourth-order valence-corrected chi connectivity index (χ4v) is 2.40. The first kappa shape index (κ1) is 17.5. The molecule has 0 saturated carbocycles. The number of benzene rings is 2. The summed E-state index contributed by atoms with van der Waals surface area (Å²) >= 11 is 0. The molecule has 0 spiro atoms. The van der Waals surface area contributed by atoms with Gasteiger partial charge in [0.05, 0.1) is 12.2 Å². The van der Waals surface area contributed by atoms with Gasteiger partial charge in [-0.15, -0.1) is 0 Å². The van der Waals surface area contributed by atoms with Gasteiger partial charge in [0.2, 0.25) is 0 Å². The summed E-state index contributed by atoms with van der Waals surface area (Å²) in [7, 11) is 0. The molecule has 0 aliphatic heterocycles. The lowest BCUT2D eigenvalue weighted by Gasteiger charge is -2.21. The van der Waals surface area contributed by atoms with Crippen LogP contribution in [0.15, 0.2) is 54.6 Å². The van der Waals surface area contributed by atoms with Gasteiger partial charge in [-0.2, -0.15) is 13.2 Å². The van der Waals surface area contributed by atoms with Crippen LogP contribution in [0.25, 0.3) is 0 Å². The van der Waals surface area contributed by atoms with Crippen molar-refractivity contribution in [3.63, 3.8) is 0 Å². The molecular weight excluding hydrogens is 303 g/mol. The number of hydrogen-bond donors (Lipinski definition) is 1. The lowest BCUT2D eigenvalue weighted by atomic mass is 10.1. The van der Waals surface area contributed by atoms with Crippen LogP contribution in [0, 0.1) is 0 Å². The van der Waals surface area contributed by atoms with Gasteiger partial charge in [-0.25, -0.2) is 0 Å². The summed E-state index contributed by atoms with van der Waals surface area (Å²) < 4.78 is 37.6. The van der Waals surface area contributed by atoms with Gasteiger partial charge in [0.25, 0.3) is 0 Å². The Kier molecular flexibility index (Phi) is 6.19. The molecule has 2 rings (SSSR count). The molecule has 0 radical (unpaired) electrons. The van der Waals surface area contributed by atoms with Gasteiger partial charge in [-0.05, 0) is 29.7 Å². The topological polar surface area (TPSA) is 23.5 Å². The molecule has 124 valence electrons. The van der Waals surface area contributed by atoms with E-state index in [2.05, 4.69) is 4.90 Å². The predicted octanol–water partition coefficient (Wildman–Crippen LogP) is 3.74. The highest BCUT2D eigenvalue weighted by Crippen LogP contribution is 2.29. The summed E-state index contributed by atoms with van der Waals surface area (Å²) in [5, 5.41) is 9.17. The normalized spacial score (nSPS) is 11.9. The van der Waals surface area contributed by atoms with Gasteiger partial charge in [0.15, 0.2) is 0 Å². The third kappa shape index (κ3) is 5.69. The van der Waals surface area contributed by atoms with Crippen LogP contribution < -0.4 is 0 Å². The van der Waals surface area contributed by atoms with Gasteiger partial charge < -0.3 is 5.11 Å². The molecule has 0 aromatic heterocycles. The van der Waals surface area contributed by atoms with Crippen molar-refractivity contribution in [3.8, 4) is 0 Å². The van der Waals surface area contributed by atoms with Gasteiger partial charge in [-0.3, -0.25) is 4.90 Å². The van der Waals surface area contributed by atoms with Crippen molar-refractivity contribution in [2.45, 2.75) is 19.1 Å². The molecule has 0 aliphatic carbocycles. The summed E-state index contributed by atoms with van der Waals surface area (Å²) in [6.07, 6.45) is -3.65. The summed E-state index contributed by atoms with van der Waals surface area (Å²) in [6.45, 7) is 1.98. The maximum absolute atomic E-state index is 12.5. The van der Waals surface area contributed by atoms with Gasteiger partial charge in [0.1, 0.15) is 0 Å². The van der Waals surface area contributed by atoms with Crippen LogP contribution in [-0.4, -0.2) is 29.7 Å². The summed E-state index contributed by atoms with van der Waals surface area (Å²) in [4.78, 5) is 2.09. The molecule has 1 N–H and O–H groups in total. The molecule has 0 bridgehead atoms. The first-order chi connectivity index (χ1) is 11.0. The fraction of sp³-hybridized carbons (Fsp3) is 0.333. The largest absolute Gasteiger partial charge is 0.416 e. The first-order valence-electron chi connectivity index (χ1n) is 7.52. The molecule has 0 saturated heterocycles. The van der Waals surface area contributed by atoms with Crippen molar-refractivity contribution in [1.82, 2.24) is 4.90 Å². The Hall–Kier alpha value is -1.85. The Labute approximate surface area is 134 Å². The van der Waals surface area contributed by atoms with E-state index in [4.69, 9.17) is 0 Å². The van der Waals surface area contributed by atoms with E-state index < -0.39 is 11.7 Å². The second-order valence-corrected chi connectivity index (χ2v) is 5.43. The van der Waals surface area contributed by atoms with Crippen LogP contribution in [0.5, 0.6) is 0 Å². The van der Waals surface area contributed by atoms with Gasteiger partial charge in [-0.1, -0.05) is 42.5 Å². The molecule has 0 amide bonds. The van der Waals surface area contributed by atoms with Crippen LogP contribution in [0.1, 0.15) is 16.7 Å². The second kappa shape index (κ2) is 8.13. The monoisotopic (exact) mass is 323 g/mol. The Morgan fingerprint density at radius 3 is 2.04 bits per heavy atom. The van der Waals surface area contributed by atoms with Crippen molar-refractivity contribution in [2.24, 2.45) is 0 Å². The molecule has 5 heteroatoms. The first-order valence-corrected chi connectivity index (χ1v) is 7.52. The van der Waals surface area contributed by atoms with Crippen LogP contribution in [0.3, 0.4) is 0 Å². The van der Waals surface area contributed by atoms with Crippen molar-refractivity contribution in [2.75, 3.05) is 19.7 Å². The van der Waals surface area contributed by atoms with Crippen LogP contribution >= 0.6 is 0 Å². The van der Waals surface area contributed by atoms with E-state index in [0.717, 1.165) is 23.3 Å². The molecule has 2 aromatic rings. The third-order valence-corrected chi connectivity index (χ3v) is 3.66. The zero-order chi connectivity index (χ0) is 16.7. The number of aliphatic hydroxyl groups excluding tert-OH is 1. The highest BCUT2D eigenvalue weighted by molar-refractivity contribution is 5.24. The highest BCUT2D eigenvalue weighted by atomic mass is 19.4. The van der Waals surface area contributed by atoms with Crippen molar-refractivity contribution in [1.29, 1.82) is 0 Å². The molecule has 0 unspecified atom stereocenters. The van der Waals surface area contributed by atoms with E-state index in [9.17, 15) is 18.3 Å². The van der Waals surface area contributed by atoms with Gasteiger partial charge in [0, 0.05) is 19.6 Å². The number of aliphatic hydroxyl groups is 1. The summed E-state index contributed by atoms with van der Waals surface area (Å²) in [6, 6.07) is 15.2. The molecular formula is C18H20F3NO. The van der Waals surface area contributed by atoms with Crippen molar-refractivity contribution >= 4 is 0 Å². The Morgan fingerprint density at radius 1 is 0.826 bits per heavy atom. The highest BCUT2D eigenvalue weighted by Gasteiger charge is 2.29. The minimum Gasteiger partial charge on any atom is -0.395 e. The molecule has 0 fully saturated rings. The van der Waals surface area contributed by atoms with E-state index in [0.29, 0.717) is 26.1 Å². The summed E-state index contributed by atoms with van der Waals surface area (Å²) in [5.41, 5.74) is 1.38. The number of halogens is 3. The number of nitrogens with zero attached hydrogens (tertiary/aromatic N) is 1. The maximum atomic E-state index is 12.5. The maximum Gasteiger partial charge on any atom is 0.416 e. The molecule has 0 heterocycles. The Bertz CT molecular complexity index is 581. The minimum atomic E-state index is -4.30. The van der Waals surface area contributed by atoms with Crippen molar-refractivity contribution in [3.05, 3.63) is 71.3 Å².